The predicted molar refractivity (Wildman–Crippen MR) is 101 cm³/mol. The molecule has 9 heteroatoms. The van der Waals surface area contributed by atoms with Crippen LogP contribution in [0.5, 0.6) is 0 Å². The van der Waals surface area contributed by atoms with Crippen LogP contribution in [0.4, 0.5) is 10.6 Å². The Bertz CT molecular complexity index is 959. The van der Waals surface area contributed by atoms with Crippen LogP contribution in [0.2, 0.25) is 0 Å². The first-order valence-electron chi connectivity index (χ1n) is 9.20. The zero-order valence-electron chi connectivity index (χ0n) is 15.8. The molecule has 2 aromatic heterocycles. The minimum atomic E-state index is -0.367. The highest BCUT2D eigenvalue weighted by Gasteiger charge is 2.24. The van der Waals surface area contributed by atoms with E-state index in [-0.39, 0.29) is 18.7 Å². The van der Waals surface area contributed by atoms with Crippen molar-refractivity contribution in [1.82, 2.24) is 25.2 Å². The molecule has 3 heterocycles. The topological polar surface area (TPSA) is 107 Å². The first-order chi connectivity index (χ1) is 13.6. The van der Waals surface area contributed by atoms with Crippen LogP contribution >= 0.6 is 0 Å². The second-order valence-electron chi connectivity index (χ2n) is 6.67. The molecule has 1 aliphatic rings. The van der Waals surface area contributed by atoms with Crippen LogP contribution in [0.3, 0.4) is 0 Å². The average molecular weight is 382 g/mol. The van der Waals surface area contributed by atoms with Crippen LogP contribution in [0.15, 0.2) is 34.9 Å². The van der Waals surface area contributed by atoms with E-state index in [0.717, 1.165) is 29.7 Å². The smallest absolute Gasteiger partial charge is 0.320 e. The number of carbonyl (C=O) groups excluding carboxylic acids is 1. The molecule has 1 saturated heterocycles. The number of anilines is 1. The summed E-state index contributed by atoms with van der Waals surface area (Å²) in [6.45, 7) is 2.79. The molecule has 0 aliphatic carbocycles. The number of benzene rings is 1. The van der Waals surface area contributed by atoms with Gasteiger partial charge in [0.15, 0.2) is 5.82 Å². The number of hydrogen-bond acceptors (Lipinski definition) is 6. The molecule has 0 bridgehead atoms. The molecule has 28 heavy (non-hydrogen) atoms. The molecular weight excluding hydrogens is 360 g/mol. The van der Waals surface area contributed by atoms with Crippen molar-refractivity contribution in [1.29, 1.82) is 0 Å². The Morgan fingerprint density at radius 2 is 2.14 bits per heavy atom. The van der Waals surface area contributed by atoms with Gasteiger partial charge < -0.3 is 14.6 Å². The van der Waals surface area contributed by atoms with E-state index in [9.17, 15) is 4.79 Å². The van der Waals surface area contributed by atoms with Crippen LogP contribution in [0.25, 0.3) is 11.3 Å². The third-order valence-corrected chi connectivity index (χ3v) is 4.66. The van der Waals surface area contributed by atoms with E-state index in [1.54, 1.807) is 11.7 Å². The summed E-state index contributed by atoms with van der Waals surface area (Å²) in [7, 11) is 1.79. The van der Waals surface area contributed by atoms with Crippen molar-refractivity contribution in [2.45, 2.75) is 32.4 Å². The van der Waals surface area contributed by atoms with Gasteiger partial charge in [0.1, 0.15) is 11.9 Å². The summed E-state index contributed by atoms with van der Waals surface area (Å²) in [5.41, 5.74) is 2.72. The monoisotopic (exact) mass is 382 g/mol. The third kappa shape index (κ3) is 3.74. The SMILES string of the molecule is Cc1c(-c2ccccc2)nn(C)c1NC(=O)NCc1noc([C@@H]2CCCO2)n1. The minimum absolute atomic E-state index is 0.136. The Morgan fingerprint density at radius 3 is 2.89 bits per heavy atom. The standard InChI is InChI=1S/C19H22N6O3/c1-12-16(13-7-4-3-5-8-13)23-25(2)17(12)22-19(26)20-11-15-21-18(28-24-15)14-9-6-10-27-14/h3-5,7-8,14H,6,9-11H2,1-2H3,(H2,20,22,26)/t14-/m0/s1. The lowest BCUT2D eigenvalue weighted by atomic mass is 10.1. The second kappa shape index (κ2) is 7.81. The van der Waals surface area contributed by atoms with Crippen molar-refractivity contribution >= 4 is 11.8 Å². The average Bonchev–Trinajstić information content (AvgIpc) is 3.44. The van der Waals surface area contributed by atoms with E-state index < -0.39 is 0 Å². The minimum Gasteiger partial charge on any atom is -0.368 e. The zero-order valence-corrected chi connectivity index (χ0v) is 15.8. The number of ether oxygens (including phenoxy) is 1. The highest BCUT2D eigenvalue weighted by molar-refractivity contribution is 5.90. The van der Waals surface area contributed by atoms with Crippen molar-refractivity contribution in [2.24, 2.45) is 7.05 Å². The van der Waals surface area contributed by atoms with Crippen LogP contribution in [0, 0.1) is 6.92 Å². The van der Waals surface area contributed by atoms with Crippen molar-refractivity contribution < 1.29 is 14.1 Å². The van der Waals surface area contributed by atoms with Gasteiger partial charge in [-0.15, -0.1) is 0 Å². The largest absolute Gasteiger partial charge is 0.368 e. The summed E-state index contributed by atoms with van der Waals surface area (Å²) in [6, 6.07) is 9.48. The quantitative estimate of drug-likeness (QED) is 0.702. The number of urea groups is 1. The summed E-state index contributed by atoms with van der Waals surface area (Å²) in [6.07, 6.45) is 1.72. The second-order valence-corrected chi connectivity index (χ2v) is 6.67. The summed E-state index contributed by atoms with van der Waals surface area (Å²) >= 11 is 0. The Morgan fingerprint density at radius 1 is 1.32 bits per heavy atom. The fourth-order valence-corrected chi connectivity index (χ4v) is 3.23. The van der Waals surface area contributed by atoms with Gasteiger partial charge in [-0.1, -0.05) is 35.5 Å². The van der Waals surface area contributed by atoms with Gasteiger partial charge in [-0.25, -0.2) is 4.79 Å². The molecule has 146 valence electrons. The fraction of sp³-hybridized carbons (Fsp3) is 0.368. The number of amides is 2. The number of aromatic nitrogens is 4. The molecule has 3 aromatic rings. The third-order valence-electron chi connectivity index (χ3n) is 4.66. The number of aryl methyl sites for hydroxylation is 1. The summed E-state index contributed by atoms with van der Waals surface area (Å²) in [5, 5.41) is 14.0. The van der Waals surface area contributed by atoms with E-state index in [4.69, 9.17) is 9.26 Å². The Labute approximate surface area is 162 Å². The van der Waals surface area contributed by atoms with Gasteiger partial charge in [0.05, 0.1) is 12.2 Å². The van der Waals surface area contributed by atoms with Gasteiger partial charge in [0.25, 0.3) is 5.89 Å². The molecule has 1 aromatic carbocycles. The van der Waals surface area contributed by atoms with Crippen molar-refractivity contribution in [2.75, 3.05) is 11.9 Å². The molecule has 1 atom stereocenters. The van der Waals surface area contributed by atoms with Crippen LogP contribution in [0.1, 0.15) is 36.2 Å². The first-order valence-corrected chi connectivity index (χ1v) is 9.20. The predicted octanol–water partition coefficient (Wildman–Crippen LogP) is 2.95. The Balaban J connectivity index is 1.38. The van der Waals surface area contributed by atoms with Crippen molar-refractivity contribution in [3.8, 4) is 11.3 Å². The molecule has 2 amide bonds. The van der Waals surface area contributed by atoms with Gasteiger partial charge in [0, 0.05) is 24.8 Å². The summed E-state index contributed by atoms with van der Waals surface area (Å²) in [5.74, 6) is 1.50. The van der Waals surface area contributed by atoms with E-state index >= 15 is 0 Å². The van der Waals surface area contributed by atoms with Gasteiger partial charge in [-0.2, -0.15) is 10.1 Å². The fourth-order valence-electron chi connectivity index (χ4n) is 3.23. The first kappa shape index (κ1) is 18.2. The van der Waals surface area contributed by atoms with Crippen LogP contribution in [-0.2, 0) is 18.3 Å². The van der Waals surface area contributed by atoms with E-state index in [2.05, 4.69) is 25.9 Å². The summed E-state index contributed by atoms with van der Waals surface area (Å²) < 4.78 is 12.4. The van der Waals surface area contributed by atoms with E-state index in [1.165, 1.54) is 0 Å². The van der Waals surface area contributed by atoms with Gasteiger partial charge >= 0.3 is 6.03 Å². The number of hydrogen-bond donors (Lipinski definition) is 2. The zero-order chi connectivity index (χ0) is 19.5. The molecule has 0 radical (unpaired) electrons. The lowest BCUT2D eigenvalue weighted by Crippen LogP contribution is -2.29. The molecule has 9 nitrogen and oxygen atoms in total. The molecule has 1 fully saturated rings. The molecular formula is C19H22N6O3. The normalized spacial score (nSPS) is 16.3. The number of nitrogens with one attached hydrogen (secondary N) is 2. The van der Waals surface area contributed by atoms with Crippen molar-refractivity contribution in [3.05, 3.63) is 47.6 Å². The summed E-state index contributed by atoms with van der Waals surface area (Å²) in [4.78, 5) is 16.6. The maximum atomic E-state index is 12.3. The molecule has 1 aliphatic heterocycles. The molecule has 4 rings (SSSR count). The van der Waals surface area contributed by atoms with Gasteiger partial charge in [-0.05, 0) is 19.8 Å². The number of rotatable bonds is 5. The highest BCUT2D eigenvalue weighted by Crippen LogP contribution is 2.28. The number of carbonyl (C=O) groups is 1. The van der Waals surface area contributed by atoms with E-state index in [0.29, 0.717) is 24.1 Å². The number of nitrogens with zero attached hydrogens (tertiary/aromatic N) is 4. The Hall–Kier alpha value is -3.20. The van der Waals surface area contributed by atoms with E-state index in [1.807, 2.05) is 37.3 Å². The van der Waals surface area contributed by atoms with Crippen molar-refractivity contribution in [3.63, 3.8) is 0 Å². The molecule has 0 spiro atoms. The molecule has 2 N–H and O–H groups in total. The maximum Gasteiger partial charge on any atom is 0.320 e. The molecule has 0 unspecified atom stereocenters. The lowest BCUT2D eigenvalue weighted by molar-refractivity contribution is 0.0835. The lowest BCUT2D eigenvalue weighted by Gasteiger charge is -2.07. The molecule has 0 saturated carbocycles. The highest BCUT2D eigenvalue weighted by atomic mass is 16.5. The van der Waals surface area contributed by atoms with Gasteiger partial charge in [0.2, 0.25) is 0 Å². The Kier molecular flexibility index (Phi) is 5.07. The maximum absolute atomic E-state index is 12.3. The van der Waals surface area contributed by atoms with Crippen LogP contribution < -0.4 is 10.6 Å². The van der Waals surface area contributed by atoms with Gasteiger partial charge in [-0.3, -0.25) is 10.00 Å². The van der Waals surface area contributed by atoms with Crippen LogP contribution in [-0.4, -0.2) is 32.6 Å².